The molecule has 1 aliphatic carbocycles. The fourth-order valence-electron chi connectivity index (χ4n) is 4.64. The van der Waals surface area contributed by atoms with Gasteiger partial charge in [0.25, 0.3) is 0 Å². The molecule has 3 aliphatic rings. The second-order valence-electron chi connectivity index (χ2n) is 8.54. The molecule has 4 N–H and O–H groups in total. The normalized spacial score (nSPS) is 24.9. The third-order valence-corrected chi connectivity index (χ3v) is 6.44. The molecule has 1 aromatic rings. The number of benzene rings is 1. The zero-order valence-corrected chi connectivity index (χ0v) is 17.8. The number of nitrogens with two attached hydrogens (primary N) is 1. The fourth-order valence-corrected chi connectivity index (χ4v) is 4.64. The Morgan fingerprint density at radius 1 is 1.13 bits per heavy atom. The Hall–Kier alpha value is -2.03. The third-order valence-electron chi connectivity index (χ3n) is 6.44. The van der Waals surface area contributed by atoms with Gasteiger partial charge in [-0.2, -0.15) is 0 Å². The number of hydrogen-bond acceptors (Lipinski definition) is 6. The summed E-state index contributed by atoms with van der Waals surface area (Å²) in [5.74, 6) is 3.73. The number of aliphatic hydroxyl groups excluding tert-OH is 1. The molecule has 30 heavy (non-hydrogen) atoms. The molecule has 2 unspecified atom stereocenters. The van der Waals surface area contributed by atoms with E-state index in [4.69, 9.17) is 20.2 Å². The molecule has 0 bridgehead atoms. The Morgan fingerprint density at radius 3 is 2.73 bits per heavy atom. The van der Waals surface area contributed by atoms with Gasteiger partial charge in [0, 0.05) is 51.0 Å². The molecule has 2 aliphatic heterocycles. The quantitative estimate of drug-likeness (QED) is 0.477. The van der Waals surface area contributed by atoms with Crippen LogP contribution < -0.4 is 20.5 Å². The molecule has 0 spiro atoms. The number of guanidine groups is 1. The van der Waals surface area contributed by atoms with Crippen LogP contribution in [0.5, 0.6) is 11.5 Å². The molecule has 166 valence electrons. The number of fused-ring (bicyclic) bond motifs is 1. The van der Waals surface area contributed by atoms with Crippen LogP contribution in [0.15, 0.2) is 23.2 Å². The van der Waals surface area contributed by atoms with Gasteiger partial charge in [0.1, 0.15) is 0 Å². The number of anilines is 1. The lowest BCUT2D eigenvalue weighted by Crippen LogP contribution is -2.51. The average molecular weight is 418 g/mol. The highest BCUT2D eigenvalue weighted by atomic mass is 16.7. The monoisotopic (exact) mass is 417 g/mol. The van der Waals surface area contributed by atoms with Gasteiger partial charge in [-0.1, -0.05) is 6.42 Å². The maximum Gasteiger partial charge on any atom is 0.231 e. The van der Waals surface area contributed by atoms with Crippen LogP contribution >= 0.6 is 0 Å². The number of nitrogens with zero attached hydrogens (tertiary/aromatic N) is 3. The Kier molecular flexibility index (Phi) is 7.30. The Bertz CT molecular complexity index is 721. The summed E-state index contributed by atoms with van der Waals surface area (Å²) in [6, 6.07) is 5.93. The summed E-state index contributed by atoms with van der Waals surface area (Å²) in [5.41, 5.74) is 6.88. The van der Waals surface area contributed by atoms with Crippen LogP contribution in [0.2, 0.25) is 0 Å². The second-order valence-corrected chi connectivity index (χ2v) is 8.54. The summed E-state index contributed by atoms with van der Waals surface area (Å²) in [4.78, 5) is 9.66. The van der Waals surface area contributed by atoms with Crippen LogP contribution in [-0.2, 0) is 0 Å². The number of piperazine rings is 1. The highest BCUT2D eigenvalue weighted by Crippen LogP contribution is 2.34. The van der Waals surface area contributed by atoms with Crippen molar-refractivity contribution in [3.05, 3.63) is 18.2 Å². The molecular formula is C22H35N5O3. The van der Waals surface area contributed by atoms with E-state index in [1.807, 2.05) is 18.2 Å². The molecule has 8 nitrogen and oxygen atoms in total. The second kappa shape index (κ2) is 10.3. The Morgan fingerprint density at radius 2 is 1.93 bits per heavy atom. The van der Waals surface area contributed by atoms with E-state index in [0.717, 1.165) is 69.0 Å². The van der Waals surface area contributed by atoms with E-state index >= 15 is 0 Å². The molecule has 0 amide bonds. The Balaban J connectivity index is 1.45. The standard InChI is InChI=1S/C22H35N5O3/c23-14-17-2-1-3-18(12-17)15-24-22(27-8-6-26(7-9-27)10-11-28)25-19-4-5-20-21(13-19)30-16-29-20/h4-5,13,17-18,28H,1-3,6-12,14-16,23H2,(H,24,25). The van der Waals surface area contributed by atoms with Gasteiger partial charge in [0.2, 0.25) is 6.79 Å². The smallest absolute Gasteiger partial charge is 0.231 e. The van der Waals surface area contributed by atoms with Gasteiger partial charge in [-0.05, 0) is 49.8 Å². The van der Waals surface area contributed by atoms with Crippen molar-refractivity contribution in [2.24, 2.45) is 22.6 Å². The van der Waals surface area contributed by atoms with Gasteiger partial charge in [-0.25, -0.2) is 0 Å². The van der Waals surface area contributed by atoms with Crippen LogP contribution in [0, 0.1) is 11.8 Å². The van der Waals surface area contributed by atoms with Gasteiger partial charge >= 0.3 is 0 Å². The molecule has 1 saturated heterocycles. The van der Waals surface area contributed by atoms with Crippen LogP contribution in [0.25, 0.3) is 0 Å². The van der Waals surface area contributed by atoms with E-state index < -0.39 is 0 Å². The van der Waals surface area contributed by atoms with Gasteiger partial charge in [0.05, 0.1) is 6.61 Å². The van der Waals surface area contributed by atoms with Crippen LogP contribution in [0.4, 0.5) is 5.69 Å². The summed E-state index contributed by atoms with van der Waals surface area (Å²) in [7, 11) is 0. The molecular weight excluding hydrogens is 382 g/mol. The lowest BCUT2D eigenvalue weighted by molar-refractivity contribution is 0.147. The molecule has 4 rings (SSSR count). The highest BCUT2D eigenvalue weighted by molar-refractivity contribution is 5.94. The van der Waals surface area contributed by atoms with Crippen molar-refractivity contribution in [2.45, 2.75) is 25.7 Å². The topological polar surface area (TPSA) is 95.6 Å². The lowest BCUT2D eigenvalue weighted by atomic mass is 9.81. The van der Waals surface area contributed by atoms with E-state index in [1.54, 1.807) is 0 Å². The zero-order chi connectivity index (χ0) is 20.8. The summed E-state index contributed by atoms with van der Waals surface area (Å²) in [6.45, 7) is 6.49. The first-order chi connectivity index (χ1) is 14.7. The van der Waals surface area contributed by atoms with Crippen molar-refractivity contribution in [3.63, 3.8) is 0 Å². The zero-order valence-electron chi connectivity index (χ0n) is 17.8. The first-order valence-corrected chi connectivity index (χ1v) is 11.2. The van der Waals surface area contributed by atoms with Crippen LogP contribution in [-0.4, -0.2) is 80.1 Å². The van der Waals surface area contributed by atoms with E-state index in [-0.39, 0.29) is 13.4 Å². The molecule has 8 heteroatoms. The fraction of sp³-hybridized carbons (Fsp3) is 0.682. The van der Waals surface area contributed by atoms with E-state index in [9.17, 15) is 5.11 Å². The minimum absolute atomic E-state index is 0.209. The Labute approximate surface area is 179 Å². The van der Waals surface area contributed by atoms with Gasteiger partial charge < -0.3 is 30.5 Å². The molecule has 2 heterocycles. The first kappa shape index (κ1) is 21.2. The average Bonchev–Trinajstić information content (AvgIpc) is 3.25. The largest absolute Gasteiger partial charge is 0.454 e. The predicted octanol–water partition coefficient (Wildman–Crippen LogP) is 1.56. The van der Waals surface area contributed by atoms with Crippen molar-refractivity contribution in [3.8, 4) is 11.5 Å². The maximum absolute atomic E-state index is 9.21. The molecule has 0 aromatic heterocycles. The SMILES string of the molecule is NCC1CCCC(CN=C(Nc2ccc3c(c2)OCO3)N2CCN(CCO)CC2)C1. The predicted molar refractivity (Wildman–Crippen MR) is 118 cm³/mol. The number of aliphatic hydroxyl groups is 1. The summed E-state index contributed by atoms with van der Waals surface area (Å²) in [5, 5.41) is 12.8. The van der Waals surface area contributed by atoms with Crippen molar-refractivity contribution < 1.29 is 14.6 Å². The highest BCUT2D eigenvalue weighted by Gasteiger charge is 2.23. The minimum atomic E-state index is 0.209. The molecule has 0 radical (unpaired) electrons. The maximum atomic E-state index is 9.21. The number of β-amino-alcohol motifs (C(OH)–C–C–N with tert-alkyl or cyclic N) is 1. The van der Waals surface area contributed by atoms with E-state index in [2.05, 4.69) is 15.1 Å². The van der Waals surface area contributed by atoms with Crippen molar-refractivity contribution >= 4 is 11.6 Å². The molecule has 1 aromatic carbocycles. The van der Waals surface area contributed by atoms with Crippen molar-refractivity contribution in [1.82, 2.24) is 9.80 Å². The summed E-state index contributed by atoms with van der Waals surface area (Å²) < 4.78 is 11.0. The molecule has 2 fully saturated rings. The molecule has 1 saturated carbocycles. The van der Waals surface area contributed by atoms with Crippen molar-refractivity contribution in [2.75, 3.05) is 64.5 Å². The van der Waals surface area contributed by atoms with Crippen LogP contribution in [0.3, 0.4) is 0 Å². The minimum Gasteiger partial charge on any atom is -0.454 e. The number of hydrogen-bond donors (Lipinski definition) is 3. The summed E-state index contributed by atoms with van der Waals surface area (Å²) in [6.07, 6.45) is 4.93. The lowest BCUT2D eigenvalue weighted by Gasteiger charge is -2.36. The van der Waals surface area contributed by atoms with E-state index in [1.165, 1.54) is 25.7 Å². The van der Waals surface area contributed by atoms with Gasteiger partial charge in [-0.3, -0.25) is 9.89 Å². The number of nitrogens with one attached hydrogen (secondary N) is 1. The third kappa shape index (κ3) is 5.36. The van der Waals surface area contributed by atoms with Crippen molar-refractivity contribution in [1.29, 1.82) is 0 Å². The number of ether oxygens (including phenoxy) is 2. The number of aliphatic imine (C=N–C) groups is 1. The number of rotatable bonds is 6. The molecule has 2 atom stereocenters. The van der Waals surface area contributed by atoms with Gasteiger partial charge in [0.15, 0.2) is 17.5 Å². The first-order valence-electron chi connectivity index (χ1n) is 11.2. The van der Waals surface area contributed by atoms with Gasteiger partial charge in [-0.15, -0.1) is 0 Å². The van der Waals surface area contributed by atoms with Crippen LogP contribution in [0.1, 0.15) is 25.7 Å². The van der Waals surface area contributed by atoms with E-state index in [0.29, 0.717) is 11.8 Å². The summed E-state index contributed by atoms with van der Waals surface area (Å²) >= 11 is 0.